The lowest BCUT2D eigenvalue weighted by Gasteiger charge is -2.24. The van der Waals surface area contributed by atoms with Gasteiger partial charge in [-0.3, -0.25) is 0 Å². The fourth-order valence-corrected chi connectivity index (χ4v) is 3.30. The predicted molar refractivity (Wildman–Crippen MR) is 110 cm³/mol. The summed E-state index contributed by atoms with van der Waals surface area (Å²) in [7, 11) is 0. The van der Waals surface area contributed by atoms with Crippen molar-refractivity contribution in [3.8, 4) is 6.07 Å². The van der Waals surface area contributed by atoms with Crippen molar-refractivity contribution < 1.29 is 13.6 Å². The predicted octanol–water partition coefficient (Wildman–Crippen LogP) is 5.21. The Labute approximate surface area is 169 Å². The van der Waals surface area contributed by atoms with Gasteiger partial charge in [-0.1, -0.05) is 18.2 Å². The van der Waals surface area contributed by atoms with Crippen molar-refractivity contribution in [2.45, 2.75) is 26.4 Å². The third kappa shape index (κ3) is 4.46. The second-order valence-corrected chi connectivity index (χ2v) is 6.88. The van der Waals surface area contributed by atoms with Gasteiger partial charge in [0.1, 0.15) is 17.2 Å². The van der Waals surface area contributed by atoms with E-state index in [0.717, 1.165) is 11.1 Å². The van der Waals surface area contributed by atoms with Crippen LogP contribution in [-0.4, -0.2) is 17.5 Å². The summed E-state index contributed by atoms with van der Waals surface area (Å²) in [4.78, 5) is 14.5. The van der Waals surface area contributed by atoms with Crippen LogP contribution in [0.25, 0.3) is 11.0 Å². The largest absolute Gasteiger partial charge is 0.459 e. The number of hydrogen-bond donors (Lipinski definition) is 1. The van der Waals surface area contributed by atoms with E-state index in [1.165, 1.54) is 12.1 Å². The van der Waals surface area contributed by atoms with E-state index in [0.29, 0.717) is 35.4 Å². The topological polar surface area (TPSA) is 69.3 Å². The zero-order valence-electron chi connectivity index (χ0n) is 16.4. The van der Waals surface area contributed by atoms with E-state index in [1.54, 1.807) is 35.2 Å². The highest BCUT2D eigenvalue weighted by molar-refractivity contribution is 5.82. The molecule has 148 valence electrons. The molecule has 0 aliphatic heterocycles. The fourth-order valence-electron chi connectivity index (χ4n) is 3.30. The number of rotatable bonds is 6. The molecule has 1 N–H and O–H groups in total. The molecule has 2 amide bonds. The average molecular weight is 391 g/mol. The third-order valence-electron chi connectivity index (χ3n) is 4.73. The van der Waals surface area contributed by atoms with Gasteiger partial charge in [-0.05, 0) is 49.7 Å². The smallest absolute Gasteiger partial charge is 0.318 e. The van der Waals surface area contributed by atoms with Gasteiger partial charge in [-0.2, -0.15) is 5.26 Å². The lowest BCUT2D eigenvalue weighted by Crippen LogP contribution is -2.40. The number of urea groups is 1. The second-order valence-electron chi connectivity index (χ2n) is 6.88. The molecule has 0 radical (unpaired) electrons. The quantitative estimate of drug-likeness (QED) is 0.587. The molecule has 0 saturated carbocycles. The minimum Gasteiger partial charge on any atom is -0.459 e. The van der Waals surface area contributed by atoms with E-state index < -0.39 is 6.04 Å². The number of nitriles is 1. The summed E-state index contributed by atoms with van der Waals surface area (Å²) in [5.41, 5.74) is 2.77. The van der Waals surface area contributed by atoms with Crippen molar-refractivity contribution in [1.82, 2.24) is 10.2 Å². The third-order valence-corrected chi connectivity index (χ3v) is 4.73. The molecule has 0 aliphatic carbocycles. The second kappa shape index (κ2) is 8.61. The standard InChI is InChI=1S/C23H22FN3O2/c1-4-10-27(14-18-7-5-6-17(11-18)13-25)23(28)26-16(3)22-15(2)20-12-19(24)8-9-21(20)29-22/h4-9,11-12,16H,1,10,14H2,2-3H3,(H,26,28). The number of benzene rings is 2. The van der Waals surface area contributed by atoms with Crippen molar-refractivity contribution in [3.05, 3.63) is 83.4 Å². The first-order valence-electron chi connectivity index (χ1n) is 9.27. The zero-order valence-corrected chi connectivity index (χ0v) is 16.4. The minimum atomic E-state index is -0.407. The molecule has 2 aromatic carbocycles. The molecule has 3 aromatic rings. The monoisotopic (exact) mass is 391 g/mol. The summed E-state index contributed by atoms with van der Waals surface area (Å²) in [6, 6.07) is 12.9. The van der Waals surface area contributed by atoms with Crippen LogP contribution >= 0.6 is 0 Å². The molecule has 6 heteroatoms. The molecule has 1 heterocycles. The molecule has 29 heavy (non-hydrogen) atoms. The molecule has 1 unspecified atom stereocenters. The van der Waals surface area contributed by atoms with Crippen LogP contribution in [0.2, 0.25) is 0 Å². The van der Waals surface area contributed by atoms with Crippen molar-refractivity contribution in [1.29, 1.82) is 5.26 Å². The number of amides is 2. The van der Waals surface area contributed by atoms with Gasteiger partial charge in [0.15, 0.2) is 0 Å². The lowest BCUT2D eigenvalue weighted by atomic mass is 10.1. The number of furan rings is 1. The highest BCUT2D eigenvalue weighted by Gasteiger charge is 2.21. The van der Waals surface area contributed by atoms with Gasteiger partial charge in [-0.15, -0.1) is 6.58 Å². The van der Waals surface area contributed by atoms with Crippen LogP contribution in [0.1, 0.15) is 35.4 Å². The van der Waals surface area contributed by atoms with Crippen LogP contribution in [0.5, 0.6) is 0 Å². The van der Waals surface area contributed by atoms with Crippen LogP contribution in [0, 0.1) is 24.1 Å². The average Bonchev–Trinajstić information content (AvgIpc) is 3.04. The van der Waals surface area contributed by atoms with Gasteiger partial charge in [-0.25, -0.2) is 9.18 Å². The molecule has 0 fully saturated rings. The SMILES string of the molecule is C=CCN(Cc1cccc(C#N)c1)C(=O)NC(C)c1oc2ccc(F)cc2c1C. The molecule has 5 nitrogen and oxygen atoms in total. The number of halogens is 1. The van der Waals surface area contributed by atoms with Gasteiger partial charge in [0.05, 0.1) is 17.7 Å². The fraction of sp³-hybridized carbons (Fsp3) is 0.217. The maximum Gasteiger partial charge on any atom is 0.318 e. The first-order valence-corrected chi connectivity index (χ1v) is 9.27. The molecular formula is C23H22FN3O2. The summed E-state index contributed by atoms with van der Waals surface area (Å²) in [6.07, 6.45) is 1.65. The van der Waals surface area contributed by atoms with E-state index in [9.17, 15) is 9.18 Å². The van der Waals surface area contributed by atoms with Gasteiger partial charge >= 0.3 is 6.03 Å². The number of fused-ring (bicyclic) bond motifs is 1. The molecule has 1 atom stereocenters. The molecule has 1 aromatic heterocycles. The van der Waals surface area contributed by atoms with Crippen molar-refractivity contribution in [2.24, 2.45) is 0 Å². The highest BCUT2D eigenvalue weighted by atomic mass is 19.1. The van der Waals surface area contributed by atoms with Gasteiger partial charge in [0.2, 0.25) is 0 Å². The van der Waals surface area contributed by atoms with Crippen molar-refractivity contribution >= 4 is 17.0 Å². The molecule has 0 saturated heterocycles. The highest BCUT2D eigenvalue weighted by Crippen LogP contribution is 2.30. The Morgan fingerprint density at radius 2 is 2.17 bits per heavy atom. The Morgan fingerprint density at radius 1 is 1.38 bits per heavy atom. The van der Waals surface area contributed by atoms with Crippen LogP contribution in [0.3, 0.4) is 0 Å². The van der Waals surface area contributed by atoms with E-state index in [4.69, 9.17) is 9.68 Å². The Morgan fingerprint density at radius 3 is 2.90 bits per heavy atom. The molecule has 3 rings (SSSR count). The minimum absolute atomic E-state index is 0.286. The Kier molecular flexibility index (Phi) is 5.99. The van der Waals surface area contributed by atoms with E-state index >= 15 is 0 Å². The summed E-state index contributed by atoms with van der Waals surface area (Å²) in [5, 5.41) is 12.7. The maximum absolute atomic E-state index is 13.5. The maximum atomic E-state index is 13.5. The Bertz CT molecular complexity index is 1100. The van der Waals surface area contributed by atoms with Gasteiger partial charge in [0.25, 0.3) is 0 Å². The van der Waals surface area contributed by atoms with Gasteiger partial charge < -0.3 is 14.6 Å². The van der Waals surface area contributed by atoms with Crippen LogP contribution < -0.4 is 5.32 Å². The molecule has 0 aliphatic rings. The summed E-state index contributed by atoms with van der Waals surface area (Å²) in [6.45, 7) is 8.07. The number of aryl methyl sites for hydroxylation is 1. The number of nitrogens with one attached hydrogen (secondary N) is 1. The summed E-state index contributed by atoms with van der Waals surface area (Å²) in [5.74, 6) is 0.255. The van der Waals surface area contributed by atoms with E-state index in [2.05, 4.69) is 18.0 Å². The molecule has 0 bridgehead atoms. The van der Waals surface area contributed by atoms with Crippen LogP contribution in [0.4, 0.5) is 9.18 Å². The first kappa shape index (κ1) is 20.2. The number of hydrogen-bond acceptors (Lipinski definition) is 3. The van der Waals surface area contributed by atoms with Crippen LogP contribution in [-0.2, 0) is 6.54 Å². The number of nitrogens with zero attached hydrogens (tertiary/aromatic N) is 2. The first-order chi connectivity index (χ1) is 13.9. The van der Waals surface area contributed by atoms with Crippen molar-refractivity contribution in [2.75, 3.05) is 6.54 Å². The normalized spacial score (nSPS) is 11.7. The van der Waals surface area contributed by atoms with Gasteiger partial charge in [0, 0.05) is 24.0 Å². The summed E-state index contributed by atoms with van der Waals surface area (Å²) >= 11 is 0. The number of carbonyl (C=O) groups is 1. The van der Waals surface area contributed by atoms with Crippen LogP contribution in [0.15, 0.2) is 59.5 Å². The van der Waals surface area contributed by atoms with Crippen molar-refractivity contribution in [3.63, 3.8) is 0 Å². The Hall–Kier alpha value is -3.59. The Balaban J connectivity index is 1.78. The summed E-state index contributed by atoms with van der Waals surface area (Å²) < 4.78 is 19.4. The zero-order chi connectivity index (χ0) is 21.0. The van der Waals surface area contributed by atoms with E-state index in [-0.39, 0.29) is 11.8 Å². The molecule has 0 spiro atoms. The van der Waals surface area contributed by atoms with E-state index in [1.807, 2.05) is 19.9 Å². The molecular weight excluding hydrogens is 369 g/mol. The number of carbonyl (C=O) groups excluding carboxylic acids is 1. The lowest BCUT2D eigenvalue weighted by molar-refractivity contribution is 0.196.